The van der Waals surface area contributed by atoms with Gasteiger partial charge < -0.3 is 0 Å². The molecule has 0 fully saturated rings. The number of aryl methyl sites for hydroxylation is 8. The Hall–Kier alpha value is -7.08. The van der Waals surface area contributed by atoms with Crippen LogP contribution in [0.5, 0.6) is 0 Å². The first kappa shape index (κ1) is 79.4. The zero-order chi connectivity index (χ0) is 71.2. The molecule has 506 valence electrons. The average Bonchev–Trinajstić information content (AvgIpc) is 0.815. The Kier molecular flexibility index (Phi) is 27.9. The molecule has 0 aliphatic rings. The zero-order valence-electron chi connectivity index (χ0n) is 60.9. The number of carbonyl (C=O) groups excluding carboxylic acids is 6. The van der Waals surface area contributed by atoms with Gasteiger partial charge in [0.25, 0.3) is 0 Å². The molecule has 0 saturated carbocycles. The average molecular weight is 1380 g/mol. The standard InChI is InChI=1S/C28H42O4Si2.C26H34O4Si2.C22H30O4Si2/c1-11-19-15-23(33(5,6)7)16-20(12-2)25(19)27(29)31-32-28(30)26-21(13-3)17-24(34(8,9)10)18-22(26)14-4;1-9-19-17-21(31(5,6)11-3)13-15-23(19)25(27)29-30-26(28)24-16-14-22(18-20(24)10-2)32(7,8)12-4;1-15-13-17(27(3,4)5)9-11-19(15)21(23)25-26-22(24)20-12-10-18(14-16(20)2)28(6,7)8/h15-18H,11-14H2,1-10H3;11-18H,3-4,9-10H2,1-2,5-8H3;9-14H,1-8H3. The summed E-state index contributed by atoms with van der Waals surface area (Å²) in [4.78, 5) is 106. The molecule has 0 saturated heterocycles. The van der Waals surface area contributed by atoms with Crippen molar-refractivity contribution in [3.8, 4) is 0 Å². The lowest BCUT2D eigenvalue weighted by Gasteiger charge is -2.22. The summed E-state index contributed by atoms with van der Waals surface area (Å²) in [6.07, 6.45) is 4.17. The van der Waals surface area contributed by atoms with Crippen LogP contribution in [0.25, 0.3) is 0 Å². The van der Waals surface area contributed by atoms with Crippen molar-refractivity contribution >= 4 is 115 Å². The quantitative estimate of drug-likeness (QED) is 0.0405. The minimum atomic E-state index is -1.75. The molecule has 0 aromatic heterocycles. The Morgan fingerprint density at radius 1 is 0.298 bits per heavy atom. The Balaban J connectivity index is 0.000000302. The Morgan fingerprint density at radius 3 is 0.734 bits per heavy atom. The highest BCUT2D eigenvalue weighted by Crippen LogP contribution is 2.24. The summed E-state index contributed by atoms with van der Waals surface area (Å²) in [5.74, 6) is -3.86. The number of benzene rings is 6. The topological polar surface area (TPSA) is 158 Å². The third kappa shape index (κ3) is 20.7. The molecule has 0 bridgehead atoms. The van der Waals surface area contributed by atoms with Gasteiger partial charge in [-0.3, -0.25) is 0 Å². The molecule has 0 N–H and O–H groups in total. The smallest absolute Gasteiger partial charge is 0.241 e. The van der Waals surface area contributed by atoms with E-state index in [1.165, 1.54) is 31.1 Å². The van der Waals surface area contributed by atoms with Crippen LogP contribution in [0.1, 0.15) is 148 Å². The highest BCUT2D eigenvalue weighted by atomic mass is 28.3. The predicted molar refractivity (Wildman–Crippen MR) is 403 cm³/mol. The Labute approximate surface area is 568 Å². The molecule has 0 atom stereocenters. The van der Waals surface area contributed by atoms with Gasteiger partial charge in [0.2, 0.25) is 0 Å². The molecule has 0 spiro atoms. The Morgan fingerprint density at radius 2 is 0.511 bits per heavy atom. The third-order valence-corrected chi connectivity index (χ3v) is 31.2. The van der Waals surface area contributed by atoms with E-state index in [1.54, 1.807) is 24.3 Å². The van der Waals surface area contributed by atoms with E-state index in [0.717, 1.165) is 44.5 Å². The molecule has 6 aromatic rings. The van der Waals surface area contributed by atoms with Crippen LogP contribution in [0.4, 0.5) is 0 Å². The second-order valence-corrected chi connectivity index (χ2v) is 58.5. The van der Waals surface area contributed by atoms with Crippen molar-refractivity contribution in [1.29, 1.82) is 0 Å². The molecule has 0 aliphatic carbocycles. The van der Waals surface area contributed by atoms with Crippen LogP contribution in [-0.4, -0.2) is 84.3 Å². The van der Waals surface area contributed by atoms with Crippen LogP contribution in [0.15, 0.2) is 122 Å². The van der Waals surface area contributed by atoms with Gasteiger partial charge in [0.1, 0.15) is 16.1 Å². The van der Waals surface area contributed by atoms with E-state index in [1.807, 2.05) is 115 Å². The maximum absolute atomic E-state index is 13.1. The molecule has 12 nitrogen and oxygen atoms in total. The molecule has 0 aliphatic heterocycles. The van der Waals surface area contributed by atoms with Crippen LogP contribution in [0.3, 0.4) is 0 Å². The van der Waals surface area contributed by atoms with Crippen LogP contribution in [0, 0.1) is 13.8 Å². The van der Waals surface area contributed by atoms with E-state index in [9.17, 15) is 28.8 Å². The first-order valence-corrected chi connectivity index (χ1v) is 53.1. The zero-order valence-corrected chi connectivity index (χ0v) is 66.9. The number of rotatable bonds is 20. The molecule has 0 unspecified atom stereocenters. The van der Waals surface area contributed by atoms with E-state index in [0.29, 0.717) is 71.9 Å². The first-order chi connectivity index (χ1) is 43.6. The van der Waals surface area contributed by atoms with Crippen molar-refractivity contribution in [3.05, 3.63) is 200 Å². The van der Waals surface area contributed by atoms with E-state index in [2.05, 4.69) is 142 Å². The van der Waals surface area contributed by atoms with Gasteiger partial charge in [-0.1, -0.05) is 262 Å². The van der Waals surface area contributed by atoms with E-state index in [4.69, 9.17) is 29.3 Å². The molecular formula is C76H106O12Si6. The lowest BCUT2D eigenvalue weighted by Crippen LogP contribution is -2.39. The molecule has 0 heterocycles. The summed E-state index contributed by atoms with van der Waals surface area (Å²) < 4.78 is 0. The summed E-state index contributed by atoms with van der Waals surface area (Å²) in [5.41, 5.74) is 13.8. The van der Waals surface area contributed by atoms with Crippen molar-refractivity contribution in [2.45, 2.75) is 199 Å². The van der Waals surface area contributed by atoms with Gasteiger partial charge in [-0.2, -0.15) is 0 Å². The summed E-state index contributed by atoms with van der Waals surface area (Å²) in [7, 11) is -9.50. The second kappa shape index (κ2) is 33.1. The minimum Gasteiger partial charge on any atom is -0.241 e. The minimum absolute atomic E-state index is 0.403. The number of hydrogen-bond donors (Lipinski definition) is 0. The fraction of sp³-hybridized carbons (Fsp3) is 0.395. The van der Waals surface area contributed by atoms with Gasteiger partial charge in [0.15, 0.2) is 0 Å². The van der Waals surface area contributed by atoms with Crippen molar-refractivity contribution in [2.75, 3.05) is 0 Å². The van der Waals surface area contributed by atoms with Gasteiger partial charge in [-0.25, -0.2) is 58.1 Å². The lowest BCUT2D eigenvalue weighted by molar-refractivity contribution is -0.187. The molecule has 6 aromatic carbocycles. The lowest BCUT2D eigenvalue weighted by atomic mass is 9.97. The maximum atomic E-state index is 13.1. The van der Waals surface area contributed by atoms with E-state index in [-0.39, 0.29) is 0 Å². The number of hydrogen-bond acceptors (Lipinski definition) is 12. The summed E-state index contributed by atoms with van der Waals surface area (Å²) >= 11 is 0. The fourth-order valence-corrected chi connectivity index (χ4v) is 17.9. The number of carbonyl (C=O) groups is 6. The third-order valence-electron chi connectivity index (χ3n) is 17.4. The second-order valence-electron chi connectivity index (χ2n) is 29.3. The normalized spacial score (nSPS) is 11.8. The molecule has 18 heteroatoms. The fourth-order valence-electron chi connectivity index (χ4n) is 10.5. The summed E-state index contributed by atoms with van der Waals surface area (Å²) in [6.45, 7) is 59.8. The van der Waals surface area contributed by atoms with Crippen molar-refractivity contribution < 1.29 is 58.1 Å². The van der Waals surface area contributed by atoms with Gasteiger partial charge in [0, 0.05) is 0 Å². The maximum Gasteiger partial charge on any atom is 0.386 e. The molecular weight excluding hydrogens is 1270 g/mol. The van der Waals surface area contributed by atoms with Crippen molar-refractivity contribution in [2.24, 2.45) is 0 Å². The van der Waals surface area contributed by atoms with E-state index < -0.39 is 84.3 Å². The highest BCUT2D eigenvalue weighted by Gasteiger charge is 2.30. The van der Waals surface area contributed by atoms with Crippen LogP contribution in [-0.2, 0) is 67.9 Å². The highest BCUT2D eigenvalue weighted by molar-refractivity contribution is 6.94. The Bertz CT molecular complexity index is 3480. The first-order valence-electron chi connectivity index (χ1n) is 33.0. The van der Waals surface area contributed by atoms with Crippen molar-refractivity contribution in [1.82, 2.24) is 0 Å². The van der Waals surface area contributed by atoms with Crippen LogP contribution < -0.4 is 31.1 Å². The van der Waals surface area contributed by atoms with Crippen LogP contribution >= 0.6 is 0 Å². The largest absolute Gasteiger partial charge is 0.386 e. The monoisotopic (exact) mass is 1380 g/mol. The van der Waals surface area contributed by atoms with Gasteiger partial charge in [-0.05, 0) is 121 Å². The molecule has 0 radical (unpaired) electrons. The molecule has 0 amide bonds. The molecule has 6 rings (SSSR count). The summed E-state index contributed by atoms with van der Waals surface area (Å²) in [5, 5.41) is 7.54. The van der Waals surface area contributed by atoms with E-state index >= 15 is 0 Å². The van der Waals surface area contributed by atoms with Gasteiger partial charge >= 0.3 is 35.8 Å². The SMILES string of the molecule is C=C[Si](C)(C)c1ccc(C(=O)OOC(=O)c2ccc([Si](C)(C)C=C)cc2CC)c(CC)c1.CCc1cc([Si](C)(C)C)cc(CC)c1C(=O)OOC(=O)c1c(CC)cc([Si](C)(C)C)cc1CC.Cc1cc([Si](C)(C)C)ccc1C(=O)OOC(=O)c1ccc([Si](C)(C)C)cc1C. The van der Waals surface area contributed by atoms with Crippen molar-refractivity contribution in [3.63, 3.8) is 0 Å². The van der Waals surface area contributed by atoms with Crippen LogP contribution in [0.2, 0.25) is 105 Å². The van der Waals surface area contributed by atoms with Gasteiger partial charge in [0.05, 0.1) is 65.7 Å². The van der Waals surface area contributed by atoms with Gasteiger partial charge in [-0.15, -0.1) is 13.2 Å². The predicted octanol–water partition coefficient (Wildman–Crippen LogP) is 15.3. The summed E-state index contributed by atoms with van der Waals surface area (Å²) in [6, 6.07) is 31.4. The molecule has 94 heavy (non-hydrogen) atoms.